The first-order valence-electron chi connectivity index (χ1n) is 5.47. The van der Waals surface area contributed by atoms with Gasteiger partial charge in [-0.2, -0.15) is 0 Å². The second kappa shape index (κ2) is 5.22. The van der Waals surface area contributed by atoms with Gasteiger partial charge in [0.25, 0.3) is 5.91 Å². The molecule has 0 spiro atoms. The van der Waals surface area contributed by atoms with E-state index in [0.29, 0.717) is 31.7 Å². The summed E-state index contributed by atoms with van der Waals surface area (Å²) in [5.74, 6) is -0.210. The predicted octanol–water partition coefficient (Wildman–Crippen LogP) is 1.17. The molecular weight excluding hydrogens is 258 g/mol. The molecule has 1 aliphatic heterocycles. The summed E-state index contributed by atoms with van der Waals surface area (Å²) in [6, 6.07) is 3.26. The fourth-order valence-corrected chi connectivity index (χ4v) is 2.02. The van der Waals surface area contributed by atoms with E-state index >= 15 is 0 Å². The fraction of sp³-hybridized carbons (Fsp3) is 0.364. The van der Waals surface area contributed by atoms with Crippen LogP contribution in [0.4, 0.5) is 4.79 Å². The summed E-state index contributed by atoms with van der Waals surface area (Å²) in [6.45, 7) is 1.38. The molecule has 0 unspecified atom stereocenters. The van der Waals surface area contributed by atoms with E-state index in [1.165, 1.54) is 11.1 Å². The highest BCUT2D eigenvalue weighted by Gasteiger charge is 2.25. The lowest BCUT2D eigenvalue weighted by Crippen LogP contribution is -2.50. The number of halogens is 1. The third-order valence-electron chi connectivity index (χ3n) is 2.83. The van der Waals surface area contributed by atoms with Gasteiger partial charge in [0.15, 0.2) is 0 Å². The van der Waals surface area contributed by atoms with Gasteiger partial charge in [-0.25, -0.2) is 9.78 Å². The molecule has 1 saturated heterocycles. The average Bonchev–Trinajstić information content (AvgIpc) is 2.38. The summed E-state index contributed by atoms with van der Waals surface area (Å²) in [7, 11) is 0. The van der Waals surface area contributed by atoms with Gasteiger partial charge in [0, 0.05) is 32.4 Å². The van der Waals surface area contributed by atoms with Crippen molar-refractivity contribution in [3.05, 3.63) is 29.0 Å². The fourth-order valence-electron chi connectivity index (χ4n) is 1.82. The smallest absolute Gasteiger partial charge is 0.407 e. The monoisotopic (exact) mass is 269 g/mol. The van der Waals surface area contributed by atoms with Gasteiger partial charge in [-0.15, -0.1) is 0 Å². The Bertz CT molecular complexity index is 472. The summed E-state index contributed by atoms with van der Waals surface area (Å²) >= 11 is 5.85. The van der Waals surface area contributed by atoms with Crippen LogP contribution in [0.5, 0.6) is 0 Å². The molecule has 1 fully saturated rings. The molecule has 0 saturated carbocycles. The van der Waals surface area contributed by atoms with Crippen molar-refractivity contribution in [1.29, 1.82) is 0 Å². The topological polar surface area (TPSA) is 73.7 Å². The second-order valence-corrected chi connectivity index (χ2v) is 4.26. The van der Waals surface area contributed by atoms with E-state index in [0.717, 1.165) is 0 Å². The van der Waals surface area contributed by atoms with Crippen molar-refractivity contribution in [2.45, 2.75) is 0 Å². The summed E-state index contributed by atoms with van der Waals surface area (Å²) in [5, 5.41) is 8.99. The highest BCUT2D eigenvalue weighted by molar-refractivity contribution is 6.32. The molecule has 0 aromatic carbocycles. The molecule has 1 aromatic heterocycles. The summed E-state index contributed by atoms with van der Waals surface area (Å²) < 4.78 is 0. The normalized spacial score (nSPS) is 15.6. The lowest BCUT2D eigenvalue weighted by atomic mass is 10.2. The quantitative estimate of drug-likeness (QED) is 0.777. The Hall–Kier alpha value is -1.82. The van der Waals surface area contributed by atoms with E-state index in [9.17, 15) is 9.59 Å². The summed E-state index contributed by atoms with van der Waals surface area (Å²) in [6.07, 6.45) is 0.558. The van der Waals surface area contributed by atoms with Crippen LogP contribution in [0.25, 0.3) is 0 Å². The molecule has 96 valence electrons. The number of rotatable bonds is 1. The molecule has 0 aliphatic carbocycles. The van der Waals surface area contributed by atoms with Crippen molar-refractivity contribution in [1.82, 2.24) is 14.8 Å². The van der Waals surface area contributed by atoms with Crippen molar-refractivity contribution < 1.29 is 14.7 Å². The van der Waals surface area contributed by atoms with Crippen LogP contribution in [0.1, 0.15) is 10.4 Å². The average molecular weight is 270 g/mol. The SMILES string of the molecule is O=C(O)N1CCN(C(=O)c2cccnc2Cl)CC1. The van der Waals surface area contributed by atoms with Crippen LogP contribution >= 0.6 is 11.6 Å². The Labute approximate surface area is 109 Å². The molecule has 2 rings (SSSR count). The van der Waals surface area contributed by atoms with Gasteiger partial charge in [-0.3, -0.25) is 4.79 Å². The zero-order chi connectivity index (χ0) is 13.1. The molecule has 1 aliphatic rings. The van der Waals surface area contributed by atoms with Gasteiger partial charge in [0.05, 0.1) is 5.56 Å². The zero-order valence-electron chi connectivity index (χ0n) is 9.54. The van der Waals surface area contributed by atoms with Crippen LogP contribution in [0, 0.1) is 0 Å². The molecule has 6 nitrogen and oxygen atoms in total. The Morgan fingerprint density at radius 1 is 1.22 bits per heavy atom. The Kier molecular flexibility index (Phi) is 3.66. The van der Waals surface area contributed by atoms with Gasteiger partial charge < -0.3 is 14.9 Å². The molecule has 0 atom stereocenters. The third kappa shape index (κ3) is 2.53. The highest BCUT2D eigenvalue weighted by Crippen LogP contribution is 2.15. The first-order valence-corrected chi connectivity index (χ1v) is 5.85. The van der Waals surface area contributed by atoms with Gasteiger partial charge in [0.2, 0.25) is 0 Å². The maximum absolute atomic E-state index is 12.1. The van der Waals surface area contributed by atoms with E-state index in [1.807, 2.05) is 0 Å². The number of carboxylic acid groups (broad SMARTS) is 1. The molecule has 1 N–H and O–H groups in total. The minimum Gasteiger partial charge on any atom is -0.465 e. The Morgan fingerprint density at radius 3 is 2.39 bits per heavy atom. The van der Waals surface area contributed by atoms with E-state index < -0.39 is 6.09 Å². The van der Waals surface area contributed by atoms with Crippen molar-refractivity contribution >= 4 is 23.6 Å². The standard InChI is InChI=1S/C11H12ClN3O3/c12-9-8(2-1-3-13-9)10(16)14-4-6-15(7-5-14)11(17)18/h1-3H,4-7H2,(H,17,18). The molecule has 7 heteroatoms. The van der Waals surface area contributed by atoms with Gasteiger partial charge in [-0.05, 0) is 12.1 Å². The summed E-state index contributed by atoms with van der Waals surface area (Å²) in [5.41, 5.74) is 0.350. The van der Waals surface area contributed by atoms with Gasteiger partial charge >= 0.3 is 6.09 Å². The van der Waals surface area contributed by atoms with Crippen molar-refractivity contribution in [3.8, 4) is 0 Å². The lowest BCUT2D eigenvalue weighted by Gasteiger charge is -2.33. The van der Waals surface area contributed by atoms with E-state index in [1.54, 1.807) is 17.0 Å². The van der Waals surface area contributed by atoms with Crippen LogP contribution < -0.4 is 0 Å². The minimum absolute atomic E-state index is 0.170. The molecule has 18 heavy (non-hydrogen) atoms. The number of hydrogen-bond acceptors (Lipinski definition) is 3. The number of pyridine rings is 1. The van der Waals surface area contributed by atoms with Crippen molar-refractivity contribution in [2.24, 2.45) is 0 Å². The number of amides is 2. The minimum atomic E-state index is -0.957. The first-order chi connectivity index (χ1) is 8.59. The molecular formula is C11H12ClN3O3. The second-order valence-electron chi connectivity index (χ2n) is 3.90. The predicted molar refractivity (Wildman–Crippen MR) is 64.7 cm³/mol. The van der Waals surface area contributed by atoms with E-state index in [4.69, 9.17) is 16.7 Å². The van der Waals surface area contributed by atoms with E-state index in [2.05, 4.69) is 4.98 Å². The van der Waals surface area contributed by atoms with Gasteiger partial charge in [-0.1, -0.05) is 11.6 Å². The third-order valence-corrected chi connectivity index (χ3v) is 3.13. The zero-order valence-corrected chi connectivity index (χ0v) is 10.3. The highest BCUT2D eigenvalue weighted by atomic mass is 35.5. The van der Waals surface area contributed by atoms with Crippen LogP contribution in [0.2, 0.25) is 5.15 Å². The Morgan fingerprint density at radius 2 is 1.83 bits per heavy atom. The van der Waals surface area contributed by atoms with Crippen LogP contribution in [-0.4, -0.2) is 58.1 Å². The molecule has 1 aromatic rings. The largest absolute Gasteiger partial charge is 0.465 e. The molecule has 2 heterocycles. The number of hydrogen-bond donors (Lipinski definition) is 1. The molecule has 0 bridgehead atoms. The van der Waals surface area contributed by atoms with Gasteiger partial charge in [0.1, 0.15) is 5.15 Å². The van der Waals surface area contributed by atoms with Crippen molar-refractivity contribution in [2.75, 3.05) is 26.2 Å². The maximum Gasteiger partial charge on any atom is 0.407 e. The first kappa shape index (κ1) is 12.6. The van der Waals surface area contributed by atoms with Crippen LogP contribution in [-0.2, 0) is 0 Å². The number of aromatic nitrogens is 1. The van der Waals surface area contributed by atoms with Crippen LogP contribution in [0.3, 0.4) is 0 Å². The number of piperazine rings is 1. The Balaban J connectivity index is 2.04. The number of carbonyl (C=O) groups is 2. The number of carbonyl (C=O) groups excluding carboxylic acids is 1. The van der Waals surface area contributed by atoms with Crippen LogP contribution in [0.15, 0.2) is 18.3 Å². The van der Waals surface area contributed by atoms with E-state index in [-0.39, 0.29) is 11.1 Å². The number of nitrogens with zero attached hydrogens (tertiary/aromatic N) is 3. The maximum atomic E-state index is 12.1. The molecule has 2 amide bonds. The summed E-state index contributed by atoms with van der Waals surface area (Å²) in [4.78, 5) is 29.6. The van der Waals surface area contributed by atoms with Crippen molar-refractivity contribution in [3.63, 3.8) is 0 Å². The molecule has 0 radical (unpaired) electrons. The lowest BCUT2D eigenvalue weighted by molar-refractivity contribution is 0.0624.